The largest absolute Gasteiger partial charge is 0.368 e. The van der Waals surface area contributed by atoms with Crippen LogP contribution in [-0.4, -0.2) is 9.97 Å². The summed E-state index contributed by atoms with van der Waals surface area (Å²) in [4.78, 5) is 7.58. The van der Waals surface area contributed by atoms with E-state index < -0.39 is 17.5 Å². The molecule has 1 aromatic carbocycles. The molecule has 0 aliphatic rings. The molecule has 0 bridgehead atoms. The quantitative estimate of drug-likeness (QED) is 0.777. The Morgan fingerprint density at radius 1 is 0.941 bits per heavy atom. The average Bonchev–Trinajstić information content (AvgIpc) is 2.22. The van der Waals surface area contributed by atoms with E-state index in [1.165, 1.54) is 6.07 Å². The van der Waals surface area contributed by atoms with Crippen LogP contribution in [0.5, 0.6) is 0 Å². The highest BCUT2D eigenvalue weighted by atomic mass is 19.2. The van der Waals surface area contributed by atoms with Gasteiger partial charge in [-0.2, -0.15) is 0 Å². The SMILES string of the molecule is Cc1cc(-c2cc(F)c(F)cc2F)nc(N)n1. The molecular formula is C11H8F3N3. The smallest absolute Gasteiger partial charge is 0.220 e. The predicted octanol–water partition coefficient (Wildman–Crippen LogP) is 2.45. The molecule has 0 saturated carbocycles. The number of hydrogen-bond acceptors (Lipinski definition) is 3. The van der Waals surface area contributed by atoms with E-state index in [1.807, 2.05) is 0 Å². The van der Waals surface area contributed by atoms with Gasteiger partial charge in [-0.3, -0.25) is 0 Å². The second-order valence-corrected chi connectivity index (χ2v) is 3.50. The lowest BCUT2D eigenvalue weighted by atomic mass is 10.1. The molecule has 6 heteroatoms. The topological polar surface area (TPSA) is 51.8 Å². The number of nitrogens with zero attached hydrogens (tertiary/aromatic N) is 2. The molecule has 0 spiro atoms. The molecular weight excluding hydrogens is 231 g/mol. The van der Waals surface area contributed by atoms with Gasteiger partial charge in [0.15, 0.2) is 11.6 Å². The molecule has 2 rings (SSSR count). The monoisotopic (exact) mass is 239 g/mol. The Hall–Kier alpha value is -2.11. The van der Waals surface area contributed by atoms with E-state index in [9.17, 15) is 13.2 Å². The minimum atomic E-state index is -1.25. The first-order valence-electron chi connectivity index (χ1n) is 4.73. The van der Waals surface area contributed by atoms with Crippen molar-refractivity contribution < 1.29 is 13.2 Å². The maximum atomic E-state index is 13.5. The summed E-state index contributed by atoms with van der Waals surface area (Å²) in [7, 11) is 0. The molecule has 0 amide bonds. The summed E-state index contributed by atoms with van der Waals surface area (Å²) in [6.45, 7) is 1.64. The number of anilines is 1. The molecule has 0 radical (unpaired) electrons. The molecule has 1 aromatic heterocycles. The van der Waals surface area contributed by atoms with Gasteiger partial charge in [-0.05, 0) is 19.1 Å². The van der Waals surface area contributed by atoms with Crippen LogP contribution >= 0.6 is 0 Å². The van der Waals surface area contributed by atoms with E-state index >= 15 is 0 Å². The van der Waals surface area contributed by atoms with Gasteiger partial charge < -0.3 is 5.73 Å². The molecule has 3 nitrogen and oxygen atoms in total. The van der Waals surface area contributed by atoms with E-state index in [0.717, 1.165) is 6.07 Å². The number of nitrogens with two attached hydrogens (primary N) is 1. The summed E-state index contributed by atoms with van der Waals surface area (Å²) in [5.41, 5.74) is 5.88. The Morgan fingerprint density at radius 3 is 2.24 bits per heavy atom. The summed E-state index contributed by atoms with van der Waals surface area (Å²) >= 11 is 0. The highest BCUT2D eigenvalue weighted by Crippen LogP contribution is 2.24. The maximum Gasteiger partial charge on any atom is 0.220 e. The Bertz CT molecular complexity index is 564. The summed E-state index contributed by atoms with van der Waals surface area (Å²) in [6, 6.07) is 2.65. The number of benzene rings is 1. The van der Waals surface area contributed by atoms with Crippen molar-refractivity contribution in [3.05, 3.63) is 41.3 Å². The fourth-order valence-electron chi connectivity index (χ4n) is 1.45. The van der Waals surface area contributed by atoms with Gasteiger partial charge in [-0.15, -0.1) is 0 Å². The van der Waals surface area contributed by atoms with Gasteiger partial charge in [0.25, 0.3) is 0 Å². The summed E-state index contributed by atoms with van der Waals surface area (Å²) in [6.07, 6.45) is 0. The Kier molecular flexibility index (Phi) is 2.71. The second kappa shape index (κ2) is 4.04. The predicted molar refractivity (Wildman–Crippen MR) is 56.5 cm³/mol. The van der Waals surface area contributed by atoms with Gasteiger partial charge in [0, 0.05) is 17.3 Å². The van der Waals surface area contributed by atoms with Crippen molar-refractivity contribution in [2.75, 3.05) is 5.73 Å². The average molecular weight is 239 g/mol. The van der Waals surface area contributed by atoms with Crippen molar-refractivity contribution in [1.29, 1.82) is 0 Å². The van der Waals surface area contributed by atoms with E-state index in [2.05, 4.69) is 9.97 Å². The van der Waals surface area contributed by atoms with Gasteiger partial charge in [-0.1, -0.05) is 0 Å². The zero-order chi connectivity index (χ0) is 12.6. The van der Waals surface area contributed by atoms with Gasteiger partial charge >= 0.3 is 0 Å². The fraction of sp³-hybridized carbons (Fsp3) is 0.0909. The number of halogens is 3. The molecule has 17 heavy (non-hydrogen) atoms. The zero-order valence-corrected chi connectivity index (χ0v) is 8.84. The van der Waals surface area contributed by atoms with Gasteiger partial charge in [0.2, 0.25) is 5.95 Å². The molecule has 0 aliphatic carbocycles. The minimum Gasteiger partial charge on any atom is -0.368 e. The first kappa shape index (κ1) is 11.4. The standard InChI is InChI=1S/C11H8F3N3/c1-5-2-10(17-11(15)16-5)6-3-8(13)9(14)4-7(6)12/h2-4H,1H3,(H2,15,16,17). The summed E-state index contributed by atoms with van der Waals surface area (Å²) in [5, 5.41) is 0. The number of rotatable bonds is 1. The molecule has 0 atom stereocenters. The van der Waals surface area contributed by atoms with Gasteiger partial charge in [0.1, 0.15) is 5.82 Å². The molecule has 2 aromatic rings. The van der Waals surface area contributed by atoms with Gasteiger partial charge in [0.05, 0.1) is 5.69 Å². The van der Waals surface area contributed by atoms with Crippen molar-refractivity contribution >= 4 is 5.95 Å². The normalized spacial score (nSPS) is 10.6. The highest BCUT2D eigenvalue weighted by Gasteiger charge is 2.13. The van der Waals surface area contributed by atoms with E-state index in [0.29, 0.717) is 11.8 Å². The van der Waals surface area contributed by atoms with Crippen LogP contribution < -0.4 is 5.73 Å². The van der Waals surface area contributed by atoms with Crippen LogP contribution in [0.2, 0.25) is 0 Å². The molecule has 0 saturated heterocycles. The van der Waals surface area contributed by atoms with E-state index in [4.69, 9.17) is 5.73 Å². The lowest BCUT2D eigenvalue weighted by molar-refractivity contribution is 0.496. The number of nitrogen functional groups attached to an aromatic ring is 1. The Balaban J connectivity index is 2.64. The third-order valence-corrected chi connectivity index (χ3v) is 2.16. The van der Waals surface area contributed by atoms with E-state index in [1.54, 1.807) is 6.92 Å². The highest BCUT2D eigenvalue weighted by molar-refractivity contribution is 5.61. The van der Waals surface area contributed by atoms with Crippen LogP contribution in [0.4, 0.5) is 19.1 Å². The lowest BCUT2D eigenvalue weighted by Crippen LogP contribution is -2.00. The van der Waals surface area contributed by atoms with Crippen LogP contribution in [0.1, 0.15) is 5.69 Å². The first-order chi connectivity index (χ1) is 7.97. The number of aromatic nitrogens is 2. The van der Waals surface area contributed by atoms with Crippen molar-refractivity contribution in [2.45, 2.75) is 6.92 Å². The molecule has 0 fully saturated rings. The van der Waals surface area contributed by atoms with Crippen molar-refractivity contribution in [2.24, 2.45) is 0 Å². The fourth-order valence-corrected chi connectivity index (χ4v) is 1.45. The number of aryl methyl sites for hydroxylation is 1. The van der Waals surface area contributed by atoms with Crippen LogP contribution in [0.15, 0.2) is 18.2 Å². The molecule has 1 heterocycles. The molecule has 88 valence electrons. The lowest BCUT2D eigenvalue weighted by Gasteiger charge is -2.05. The summed E-state index contributed by atoms with van der Waals surface area (Å²) in [5.74, 6) is -3.34. The van der Waals surface area contributed by atoms with Crippen molar-refractivity contribution in [3.8, 4) is 11.3 Å². The maximum absolute atomic E-state index is 13.5. The molecule has 2 N–H and O–H groups in total. The summed E-state index contributed by atoms with van der Waals surface area (Å²) < 4.78 is 39.3. The minimum absolute atomic E-state index is 0.0517. The van der Waals surface area contributed by atoms with Crippen LogP contribution in [0.3, 0.4) is 0 Å². The first-order valence-corrected chi connectivity index (χ1v) is 4.73. The van der Waals surface area contributed by atoms with Crippen molar-refractivity contribution in [3.63, 3.8) is 0 Å². The van der Waals surface area contributed by atoms with Crippen LogP contribution in [0.25, 0.3) is 11.3 Å². The zero-order valence-electron chi connectivity index (χ0n) is 8.84. The third-order valence-electron chi connectivity index (χ3n) is 2.16. The van der Waals surface area contributed by atoms with Crippen molar-refractivity contribution in [1.82, 2.24) is 9.97 Å². The van der Waals surface area contributed by atoms with Crippen LogP contribution in [-0.2, 0) is 0 Å². The van der Waals surface area contributed by atoms with E-state index in [-0.39, 0.29) is 17.2 Å². The Labute approximate surface area is 95.1 Å². The Morgan fingerprint density at radius 2 is 1.59 bits per heavy atom. The molecule has 0 unspecified atom stereocenters. The number of hydrogen-bond donors (Lipinski definition) is 1. The second-order valence-electron chi connectivity index (χ2n) is 3.50. The van der Waals surface area contributed by atoms with Gasteiger partial charge in [-0.25, -0.2) is 23.1 Å². The molecule has 0 aliphatic heterocycles. The van der Waals surface area contributed by atoms with Crippen LogP contribution in [0, 0.1) is 24.4 Å². The third kappa shape index (κ3) is 2.20.